The maximum absolute atomic E-state index is 10.8. The van der Waals surface area contributed by atoms with E-state index in [-0.39, 0.29) is 17.6 Å². The normalized spacial score (nSPS) is 14.3. The summed E-state index contributed by atoms with van der Waals surface area (Å²) in [5.74, 6) is 0.628. The summed E-state index contributed by atoms with van der Waals surface area (Å²) < 4.78 is 0. The molecule has 0 bridgehead atoms. The van der Waals surface area contributed by atoms with Crippen LogP contribution < -0.4 is 5.32 Å². The molecular formula is C15H23ClN2O2. The fourth-order valence-electron chi connectivity index (χ4n) is 2.60. The molecule has 0 radical (unpaired) electrons. The number of rotatable bonds is 7. The van der Waals surface area contributed by atoms with Gasteiger partial charge in [0.05, 0.1) is 9.95 Å². The van der Waals surface area contributed by atoms with Crippen molar-refractivity contribution in [2.45, 2.75) is 46.1 Å². The standard InChI is InChI=1S/C15H23ClN2O2/c1-5-8-17-11(4)15(10(2)3)13-7-6-12(18(19)20)9-14(13)16/h6-7,9-11,15,17H,5,8H2,1-4H3. The molecule has 5 heteroatoms. The second-order valence-electron chi connectivity index (χ2n) is 5.48. The quantitative estimate of drug-likeness (QED) is 0.600. The number of hydrogen-bond acceptors (Lipinski definition) is 3. The number of nitro benzene ring substituents is 1. The maximum Gasteiger partial charge on any atom is 0.270 e. The zero-order valence-electron chi connectivity index (χ0n) is 12.5. The molecule has 0 aromatic heterocycles. The van der Waals surface area contributed by atoms with E-state index in [1.165, 1.54) is 12.1 Å². The van der Waals surface area contributed by atoms with E-state index in [1.54, 1.807) is 6.07 Å². The van der Waals surface area contributed by atoms with Gasteiger partial charge in [-0.15, -0.1) is 0 Å². The maximum atomic E-state index is 10.8. The van der Waals surface area contributed by atoms with Crippen molar-refractivity contribution in [1.29, 1.82) is 0 Å². The van der Waals surface area contributed by atoms with Crippen molar-refractivity contribution >= 4 is 17.3 Å². The first-order chi connectivity index (χ1) is 9.38. The fraction of sp³-hybridized carbons (Fsp3) is 0.600. The molecule has 0 saturated heterocycles. The second kappa shape index (κ2) is 7.60. The van der Waals surface area contributed by atoms with Crippen LogP contribution in [0.3, 0.4) is 0 Å². The third kappa shape index (κ3) is 4.18. The summed E-state index contributed by atoms with van der Waals surface area (Å²) in [7, 11) is 0. The first-order valence-electron chi connectivity index (χ1n) is 7.05. The Hall–Kier alpha value is -1.13. The van der Waals surface area contributed by atoms with Crippen LogP contribution in [0.15, 0.2) is 18.2 Å². The number of nitro groups is 1. The minimum atomic E-state index is -0.418. The molecule has 0 fully saturated rings. The average molecular weight is 299 g/mol. The van der Waals surface area contributed by atoms with Crippen LogP contribution in [0, 0.1) is 16.0 Å². The van der Waals surface area contributed by atoms with E-state index in [2.05, 4.69) is 33.0 Å². The largest absolute Gasteiger partial charge is 0.314 e. The third-order valence-electron chi connectivity index (χ3n) is 3.53. The lowest BCUT2D eigenvalue weighted by molar-refractivity contribution is -0.384. The van der Waals surface area contributed by atoms with Crippen molar-refractivity contribution in [2.75, 3.05) is 6.54 Å². The molecule has 0 aliphatic carbocycles. The number of nitrogens with zero attached hydrogens (tertiary/aromatic N) is 1. The molecule has 1 N–H and O–H groups in total. The lowest BCUT2D eigenvalue weighted by atomic mass is 9.83. The summed E-state index contributed by atoms with van der Waals surface area (Å²) in [4.78, 5) is 10.4. The molecule has 20 heavy (non-hydrogen) atoms. The van der Waals surface area contributed by atoms with Crippen LogP contribution in [-0.2, 0) is 0 Å². The highest BCUT2D eigenvalue weighted by Crippen LogP contribution is 2.35. The van der Waals surface area contributed by atoms with Crippen LogP contribution in [0.1, 0.15) is 45.6 Å². The van der Waals surface area contributed by atoms with Crippen molar-refractivity contribution in [2.24, 2.45) is 5.92 Å². The van der Waals surface area contributed by atoms with E-state index >= 15 is 0 Å². The topological polar surface area (TPSA) is 55.2 Å². The van der Waals surface area contributed by atoms with Gasteiger partial charge in [-0.2, -0.15) is 0 Å². The lowest BCUT2D eigenvalue weighted by Crippen LogP contribution is -2.35. The van der Waals surface area contributed by atoms with Gasteiger partial charge in [-0.05, 0) is 31.4 Å². The molecule has 0 spiro atoms. The van der Waals surface area contributed by atoms with E-state index in [0.717, 1.165) is 18.5 Å². The van der Waals surface area contributed by atoms with Crippen molar-refractivity contribution in [3.63, 3.8) is 0 Å². The molecule has 2 atom stereocenters. The van der Waals surface area contributed by atoms with Crippen LogP contribution in [0.4, 0.5) is 5.69 Å². The first-order valence-corrected chi connectivity index (χ1v) is 7.43. The van der Waals surface area contributed by atoms with Gasteiger partial charge in [0.2, 0.25) is 0 Å². The summed E-state index contributed by atoms with van der Waals surface area (Å²) in [5.41, 5.74) is 1.01. The highest BCUT2D eigenvalue weighted by atomic mass is 35.5. The van der Waals surface area contributed by atoms with Gasteiger partial charge >= 0.3 is 0 Å². The number of halogens is 1. The van der Waals surface area contributed by atoms with Gasteiger partial charge in [-0.25, -0.2) is 0 Å². The summed E-state index contributed by atoms with van der Waals surface area (Å²) >= 11 is 6.26. The van der Waals surface area contributed by atoms with Crippen molar-refractivity contribution in [3.05, 3.63) is 38.9 Å². The van der Waals surface area contributed by atoms with Crippen molar-refractivity contribution < 1.29 is 4.92 Å². The first kappa shape index (κ1) is 16.9. The van der Waals surface area contributed by atoms with E-state index in [9.17, 15) is 10.1 Å². The molecule has 1 aromatic rings. The van der Waals surface area contributed by atoms with Gasteiger partial charge in [-0.1, -0.05) is 38.4 Å². The monoisotopic (exact) mass is 298 g/mol. The van der Waals surface area contributed by atoms with E-state index < -0.39 is 4.92 Å². The summed E-state index contributed by atoms with van der Waals surface area (Å²) in [6.07, 6.45) is 1.07. The highest BCUT2D eigenvalue weighted by Gasteiger charge is 2.25. The molecular weight excluding hydrogens is 276 g/mol. The lowest BCUT2D eigenvalue weighted by Gasteiger charge is -2.29. The Morgan fingerprint density at radius 1 is 1.35 bits per heavy atom. The Kier molecular flexibility index (Phi) is 6.43. The van der Waals surface area contributed by atoms with E-state index in [0.29, 0.717) is 10.9 Å². The van der Waals surface area contributed by atoms with Crippen LogP contribution in [0.2, 0.25) is 5.02 Å². The molecule has 112 valence electrons. The van der Waals surface area contributed by atoms with Gasteiger partial charge in [0.1, 0.15) is 0 Å². The minimum absolute atomic E-state index is 0.0374. The Morgan fingerprint density at radius 2 is 2.00 bits per heavy atom. The molecule has 1 rings (SSSR count). The van der Waals surface area contributed by atoms with Crippen molar-refractivity contribution in [1.82, 2.24) is 5.32 Å². The summed E-state index contributed by atoms with van der Waals surface area (Å²) in [6.45, 7) is 9.51. The minimum Gasteiger partial charge on any atom is -0.314 e. The number of hydrogen-bond donors (Lipinski definition) is 1. The van der Waals surface area contributed by atoms with Gasteiger partial charge in [0, 0.05) is 24.1 Å². The molecule has 1 aromatic carbocycles. The predicted octanol–water partition coefficient (Wildman–Crippen LogP) is 4.38. The van der Waals surface area contributed by atoms with Gasteiger partial charge in [0.25, 0.3) is 5.69 Å². The van der Waals surface area contributed by atoms with Crippen LogP contribution in [-0.4, -0.2) is 17.5 Å². The van der Waals surface area contributed by atoms with E-state index in [4.69, 9.17) is 11.6 Å². The summed E-state index contributed by atoms with van der Waals surface area (Å²) in [5, 5.41) is 14.7. The van der Waals surface area contributed by atoms with Gasteiger partial charge < -0.3 is 5.32 Å². The number of benzene rings is 1. The number of nitrogens with one attached hydrogen (secondary N) is 1. The third-order valence-corrected chi connectivity index (χ3v) is 3.85. The molecule has 0 saturated carbocycles. The van der Waals surface area contributed by atoms with Gasteiger partial charge in [-0.3, -0.25) is 10.1 Å². The van der Waals surface area contributed by atoms with Crippen LogP contribution >= 0.6 is 11.6 Å². The molecule has 4 nitrogen and oxygen atoms in total. The average Bonchev–Trinajstić information content (AvgIpc) is 2.37. The molecule has 0 aliphatic rings. The van der Waals surface area contributed by atoms with Crippen molar-refractivity contribution in [3.8, 4) is 0 Å². The Bertz CT molecular complexity index is 463. The molecule has 0 heterocycles. The Labute approximate surface area is 125 Å². The van der Waals surface area contributed by atoms with Crippen LogP contribution in [0.25, 0.3) is 0 Å². The summed E-state index contributed by atoms with van der Waals surface area (Å²) in [6, 6.07) is 5.03. The van der Waals surface area contributed by atoms with E-state index in [1.807, 2.05) is 0 Å². The van der Waals surface area contributed by atoms with Gasteiger partial charge in [0.15, 0.2) is 0 Å². The molecule has 0 aliphatic heterocycles. The fourth-order valence-corrected chi connectivity index (χ4v) is 2.91. The second-order valence-corrected chi connectivity index (χ2v) is 5.88. The Balaban J connectivity index is 3.06. The molecule has 2 unspecified atom stereocenters. The smallest absolute Gasteiger partial charge is 0.270 e. The van der Waals surface area contributed by atoms with Crippen LogP contribution in [0.5, 0.6) is 0 Å². The zero-order valence-corrected chi connectivity index (χ0v) is 13.3. The molecule has 0 amide bonds. The predicted molar refractivity (Wildman–Crippen MR) is 83.4 cm³/mol. The number of non-ortho nitro benzene ring substituents is 1. The Morgan fingerprint density at radius 3 is 2.45 bits per heavy atom. The highest BCUT2D eigenvalue weighted by molar-refractivity contribution is 6.31. The SMILES string of the molecule is CCCNC(C)C(c1ccc([N+](=O)[O-])cc1Cl)C(C)C. The zero-order chi connectivity index (χ0) is 15.3.